The van der Waals surface area contributed by atoms with Gasteiger partial charge in [-0.25, -0.2) is 0 Å². The number of hydrogen-bond acceptors (Lipinski definition) is 2. The van der Waals surface area contributed by atoms with Crippen LogP contribution in [0, 0.1) is 5.92 Å². The van der Waals surface area contributed by atoms with Crippen molar-refractivity contribution in [1.29, 1.82) is 0 Å². The lowest BCUT2D eigenvalue weighted by molar-refractivity contribution is 0.00804. The molecule has 14 heavy (non-hydrogen) atoms. The highest BCUT2D eigenvalue weighted by molar-refractivity contribution is 4.98. The van der Waals surface area contributed by atoms with Gasteiger partial charge in [-0.2, -0.15) is 0 Å². The van der Waals surface area contributed by atoms with Gasteiger partial charge >= 0.3 is 0 Å². The Kier molecular flexibility index (Phi) is 5.20. The molecule has 1 aliphatic heterocycles. The van der Waals surface area contributed by atoms with Crippen LogP contribution >= 0.6 is 0 Å². The zero-order valence-corrected chi connectivity index (χ0v) is 9.28. The minimum atomic E-state index is -0.305. The smallest absolute Gasteiger partial charge is 0.102 e. The van der Waals surface area contributed by atoms with Gasteiger partial charge in [-0.05, 0) is 12.3 Å². The van der Waals surface area contributed by atoms with Gasteiger partial charge in [0.15, 0.2) is 0 Å². The van der Waals surface area contributed by atoms with Gasteiger partial charge in [-0.15, -0.1) is 0 Å². The first kappa shape index (κ1) is 11.7. The van der Waals surface area contributed by atoms with Crippen molar-refractivity contribution < 1.29 is 9.84 Å². The van der Waals surface area contributed by atoms with Crippen LogP contribution in [-0.4, -0.2) is 23.9 Å². The van der Waals surface area contributed by atoms with E-state index in [2.05, 4.69) is 13.8 Å². The van der Waals surface area contributed by atoms with Gasteiger partial charge in [-0.3, -0.25) is 0 Å². The van der Waals surface area contributed by atoms with Crippen molar-refractivity contribution in [2.24, 2.45) is 5.92 Å². The Hall–Kier alpha value is -0.340. The molecule has 0 aromatic rings. The van der Waals surface area contributed by atoms with E-state index in [0.29, 0.717) is 6.61 Å². The summed E-state index contributed by atoms with van der Waals surface area (Å²) in [6, 6.07) is 0. The Bertz CT molecular complexity index is 175. The SMILES string of the molecule is CC(C)CCCC[C@H](O)[C@@H]1C=CCO1. The second-order valence-corrected chi connectivity index (χ2v) is 4.47. The first-order valence-electron chi connectivity index (χ1n) is 5.66. The number of rotatable bonds is 6. The fourth-order valence-corrected chi connectivity index (χ4v) is 1.72. The highest BCUT2D eigenvalue weighted by Gasteiger charge is 2.18. The van der Waals surface area contributed by atoms with Gasteiger partial charge in [0.2, 0.25) is 0 Å². The lowest BCUT2D eigenvalue weighted by Crippen LogP contribution is -2.24. The molecule has 0 spiro atoms. The zero-order chi connectivity index (χ0) is 10.4. The molecule has 0 saturated heterocycles. The third-order valence-electron chi connectivity index (χ3n) is 2.62. The maximum atomic E-state index is 9.74. The molecule has 1 heterocycles. The van der Waals surface area contributed by atoms with E-state index in [1.165, 1.54) is 12.8 Å². The molecule has 82 valence electrons. The van der Waals surface area contributed by atoms with Crippen LogP contribution < -0.4 is 0 Å². The van der Waals surface area contributed by atoms with E-state index in [4.69, 9.17) is 4.74 Å². The largest absolute Gasteiger partial charge is 0.390 e. The van der Waals surface area contributed by atoms with Crippen molar-refractivity contribution >= 4 is 0 Å². The molecule has 0 amide bonds. The Balaban J connectivity index is 2.03. The van der Waals surface area contributed by atoms with Crippen molar-refractivity contribution in [3.05, 3.63) is 12.2 Å². The second-order valence-electron chi connectivity index (χ2n) is 4.47. The number of aliphatic hydroxyl groups excluding tert-OH is 1. The van der Waals surface area contributed by atoms with Gasteiger partial charge in [-0.1, -0.05) is 45.3 Å². The number of aliphatic hydroxyl groups is 1. The lowest BCUT2D eigenvalue weighted by Gasteiger charge is -2.16. The number of ether oxygens (including phenoxy) is 1. The van der Waals surface area contributed by atoms with Crippen LogP contribution in [0.3, 0.4) is 0 Å². The molecule has 0 fully saturated rings. The first-order chi connectivity index (χ1) is 6.70. The van der Waals surface area contributed by atoms with Crippen molar-refractivity contribution in [3.63, 3.8) is 0 Å². The second kappa shape index (κ2) is 6.20. The Morgan fingerprint density at radius 2 is 2.07 bits per heavy atom. The molecule has 1 rings (SSSR count). The summed E-state index contributed by atoms with van der Waals surface area (Å²) >= 11 is 0. The summed E-state index contributed by atoms with van der Waals surface area (Å²) in [5.41, 5.74) is 0. The van der Waals surface area contributed by atoms with Crippen LogP contribution in [0.2, 0.25) is 0 Å². The molecule has 0 unspecified atom stereocenters. The molecule has 2 heteroatoms. The fourth-order valence-electron chi connectivity index (χ4n) is 1.72. The summed E-state index contributed by atoms with van der Waals surface area (Å²) in [6.45, 7) is 5.13. The van der Waals surface area contributed by atoms with Gasteiger partial charge in [0.1, 0.15) is 6.10 Å². The minimum Gasteiger partial charge on any atom is -0.390 e. The Morgan fingerprint density at radius 1 is 1.36 bits per heavy atom. The molecule has 0 saturated carbocycles. The van der Waals surface area contributed by atoms with Crippen molar-refractivity contribution in [2.75, 3.05) is 6.61 Å². The quantitative estimate of drug-likeness (QED) is 0.525. The molecular formula is C12H22O2. The van der Waals surface area contributed by atoms with Crippen LogP contribution in [0.5, 0.6) is 0 Å². The predicted molar refractivity (Wildman–Crippen MR) is 58.2 cm³/mol. The molecule has 1 N–H and O–H groups in total. The van der Waals surface area contributed by atoms with E-state index in [0.717, 1.165) is 18.8 Å². The monoisotopic (exact) mass is 198 g/mol. The standard InChI is InChI=1S/C12H22O2/c1-10(2)6-3-4-7-11(13)12-8-5-9-14-12/h5,8,10-13H,3-4,6-7,9H2,1-2H3/t11-,12-/m0/s1. The Labute approximate surface area is 87.0 Å². The van der Waals surface area contributed by atoms with Crippen molar-refractivity contribution in [3.8, 4) is 0 Å². The molecule has 0 radical (unpaired) electrons. The summed E-state index contributed by atoms with van der Waals surface area (Å²) in [5.74, 6) is 0.773. The minimum absolute atomic E-state index is 0.0472. The maximum absolute atomic E-state index is 9.74. The Morgan fingerprint density at radius 3 is 2.64 bits per heavy atom. The maximum Gasteiger partial charge on any atom is 0.102 e. The van der Waals surface area contributed by atoms with Gasteiger partial charge in [0, 0.05) is 0 Å². The van der Waals surface area contributed by atoms with Gasteiger partial charge < -0.3 is 9.84 Å². The van der Waals surface area contributed by atoms with Gasteiger partial charge in [0.05, 0.1) is 12.7 Å². The zero-order valence-electron chi connectivity index (χ0n) is 9.28. The molecule has 0 aromatic heterocycles. The van der Waals surface area contributed by atoms with Crippen LogP contribution in [-0.2, 0) is 4.74 Å². The molecular weight excluding hydrogens is 176 g/mol. The van der Waals surface area contributed by atoms with Crippen LogP contribution in [0.15, 0.2) is 12.2 Å². The average molecular weight is 198 g/mol. The highest BCUT2D eigenvalue weighted by Crippen LogP contribution is 2.15. The van der Waals surface area contributed by atoms with Crippen LogP contribution in [0.25, 0.3) is 0 Å². The third kappa shape index (κ3) is 4.25. The fraction of sp³-hybridized carbons (Fsp3) is 0.833. The summed E-state index contributed by atoms with van der Waals surface area (Å²) in [5, 5.41) is 9.74. The third-order valence-corrected chi connectivity index (χ3v) is 2.62. The summed E-state index contributed by atoms with van der Waals surface area (Å²) in [4.78, 5) is 0. The lowest BCUT2D eigenvalue weighted by atomic mass is 10.0. The van der Waals surface area contributed by atoms with Crippen molar-refractivity contribution in [2.45, 2.75) is 51.7 Å². The summed E-state index contributed by atoms with van der Waals surface area (Å²) < 4.78 is 5.33. The molecule has 0 aliphatic carbocycles. The topological polar surface area (TPSA) is 29.5 Å². The average Bonchev–Trinajstić information content (AvgIpc) is 2.64. The van der Waals surface area contributed by atoms with E-state index in [1.807, 2.05) is 12.2 Å². The van der Waals surface area contributed by atoms with Gasteiger partial charge in [0.25, 0.3) is 0 Å². The normalized spacial score (nSPS) is 23.3. The van der Waals surface area contributed by atoms with Crippen LogP contribution in [0.4, 0.5) is 0 Å². The summed E-state index contributed by atoms with van der Waals surface area (Å²) in [6.07, 6.45) is 8.03. The first-order valence-corrected chi connectivity index (χ1v) is 5.66. The number of unbranched alkanes of at least 4 members (excludes halogenated alkanes) is 1. The van der Waals surface area contributed by atoms with E-state index in [1.54, 1.807) is 0 Å². The molecule has 2 atom stereocenters. The van der Waals surface area contributed by atoms with Crippen molar-refractivity contribution in [1.82, 2.24) is 0 Å². The van der Waals surface area contributed by atoms with E-state index in [9.17, 15) is 5.11 Å². The van der Waals surface area contributed by atoms with E-state index >= 15 is 0 Å². The molecule has 2 nitrogen and oxygen atoms in total. The van der Waals surface area contributed by atoms with E-state index < -0.39 is 0 Å². The number of hydrogen-bond donors (Lipinski definition) is 1. The molecule has 0 bridgehead atoms. The van der Waals surface area contributed by atoms with Crippen LogP contribution in [0.1, 0.15) is 39.5 Å². The molecule has 0 aromatic carbocycles. The van der Waals surface area contributed by atoms with E-state index in [-0.39, 0.29) is 12.2 Å². The highest BCUT2D eigenvalue weighted by atomic mass is 16.5. The summed E-state index contributed by atoms with van der Waals surface area (Å²) in [7, 11) is 0. The molecule has 1 aliphatic rings. The predicted octanol–water partition coefficient (Wildman–Crippen LogP) is 2.52.